The maximum Gasteiger partial charge on any atom is 0.269 e. The second-order valence-corrected chi connectivity index (χ2v) is 6.23. The molecular formula is C11H12BrN3OS. The fourth-order valence-corrected chi connectivity index (χ4v) is 2.95. The highest BCUT2D eigenvalue weighted by molar-refractivity contribution is 9.11. The number of hydrogen-bond acceptors (Lipinski definition) is 3. The van der Waals surface area contributed by atoms with Crippen molar-refractivity contribution >= 4 is 33.2 Å². The first-order valence-corrected chi connectivity index (χ1v) is 6.70. The molecule has 0 saturated heterocycles. The number of amides is 1. The van der Waals surface area contributed by atoms with Crippen LogP contribution in [0.25, 0.3) is 0 Å². The van der Waals surface area contributed by atoms with E-state index in [-0.39, 0.29) is 5.91 Å². The number of carbonyl (C=O) groups excluding carboxylic acids is 1. The van der Waals surface area contributed by atoms with Crippen molar-refractivity contribution < 1.29 is 4.79 Å². The Kier molecular flexibility index (Phi) is 3.63. The molecule has 90 valence electrons. The van der Waals surface area contributed by atoms with E-state index in [9.17, 15) is 4.79 Å². The predicted molar refractivity (Wildman–Crippen MR) is 71.1 cm³/mol. The highest BCUT2D eigenvalue weighted by atomic mass is 79.9. The molecule has 6 heteroatoms. The molecule has 0 atom stereocenters. The summed E-state index contributed by atoms with van der Waals surface area (Å²) < 4.78 is 2.66. The van der Waals surface area contributed by atoms with Crippen LogP contribution in [0, 0.1) is 6.92 Å². The van der Waals surface area contributed by atoms with Crippen LogP contribution in [0.15, 0.2) is 22.0 Å². The zero-order chi connectivity index (χ0) is 12.4. The van der Waals surface area contributed by atoms with E-state index in [1.54, 1.807) is 29.1 Å². The second kappa shape index (κ2) is 5.01. The van der Waals surface area contributed by atoms with Gasteiger partial charge in [-0.3, -0.25) is 9.48 Å². The zero-order valence-corrected chi connectivity index (χ0v) is 11.9. The summed E-state index contributed by atoms with van der Waals surface area (Å²) >= 11 is 5.00. The van der Waals surface area contributed by atoms with Crippen LogP contribution in [-0.4, -0.2) is 15.7 Å². The van der Waals surface area contributed by atoms with Crippen LogP contribution in [-0.2, 0) is 13.6 Å². The number of halogens is 1. The minimum Gasteiger partial charge on any atom is -0.346 e. The third-order valence-electron chi connectivity index (χ3n) is 2.29. The molecule has 2 heterocycles. The molecule has 0 aliphatic heterocycles. The number of nitrogens with one attached hydrogen (secondary N) is 1. The van der Waals surface area contributed by atoms with E-state index in [1.807, 2.05) is 19.1 Å². The Morgan fingerprint density at radius 3 is 2.88 bits per heavy atom. The molecule has 2 aromatic heterocycles. The van der Waals surface area contributed by atoms with Gasteiger partial charge in [-0.1, -0.05) is 0 Å². The number of carbonyl (C=O) groups is 1. The van der Waals surface area contributed by atoms with E-state index >= 15 is 0 Å². The minimum absolute atomic E-state index is 0.0994. The maximum absolute atomic E-state index is 11.9. The molecule has 0 spiro atoms. The van der Waals surface area contributed by atoms with Crippen molar-refractivity contribution in [2.24, 2.45) is 7.05 Å². The zero-order valence-electron chi connectivity index (χ0n) is 9.53. The fraction of sp³-hybridized carbons (Fsp3) is 0.273. The fourth-order valence-electron chi connectivity index (χ4n) is 1.53. The van der Waals surface area contributed by atoms with Gasteiger partial charge in [-0.25, -0.2) is 0 Å². The highest BCUT2D eigenvalue weighted by Gasteiger charge is 2.11. The Balaban J connectivity index is 2.00. The lowest BCUT2D eigenvalue weighted by atomic mass is 10.3. The third kappa shape index (κ3) is 2.95. The van der Waals surface area contributed by atoms with Gasteiger partial charge < -0.3 is 5.32 Å². The lowest BCUT2D eigenvalue weighted by Gasteiger charge is -2.03. The van der Waals surface area contributed by atoms with E-state index < -0.39 is 0 Å². The van der Waals surface area contributed by atoms with Gasteiger partial charge in [-0.05, 0) is 41.1 Å². The lowest BCUT2D eigenvalue weighted by molar-refractivity contribution is 0.0942. The average Bonchev–Trinajstić information content (AvgIpc) is 2.81. The first-order valence-electron chi connectivity index (χ1n) is 5.09. The molecule has 0 unspecified atom stereocenters. The Hall–Kier alpha value is -1.14. The quantitative estimate of drug-likeness (QED) is 0.946. The van der Waals surface area contributed by atoms with Crippen molar-refractivity contribution in [1.29, 1.82) is 0 Å². The normalized spacial score (nSPS) is 10.5. The van der Waals surface area contributed by atoms with E-state index in [2.05, 4.69) is 26.3 Å². The first kappa shape index (κ1) is 12.3. The van der Waals surface area contributed by atoms with Gasteiger partial charge in [0.1, 0.15) is 5.69 Å². The molecule has 0 fully saturated rings. The molecule has 1 N–H and O–H groups in total. The molecule has 0 radical (unpaired) electrons. The highest BCUT2D eigenvalue weighted by Crippen LogP contribution is 2.21. The molecule has 17 heavy (non-hydrogen) atoms. The van der Waals surface area contributed by atoms with Gasteiger partial charge in [-0.2, -0.15) is 5.10 Å². The van der Waals surface area contributed by atoms with Crippen molar-refractivity contribution in [3.63, 3.8) is 0 Å². The average molecular weight is 314 g/mol. The molecular weight excluding hydrogens is 302 g/mol. The number of rotatable bonds is 3. The van der Waals surface area contributed by atoms with Crippen molar-refractivity contribution in [1.82, 2.24) is 15.1 Å². The molecule has 0 aromatic carbocycles. The molecule has 0 aliphatic rings. The van der Waals surface area contributed by atoms with Gasteiger partial charge in [-0.15, -0.1) is 11.3 Å². The number of nitrogens with zero attached hydrogens (tertiary/aromatic N) is 2. The van der Waals surface area contributed by atoms with Gasteiger partial charge in [0.05, 0.1) is 16.0 Å². The molecule has 0 bridgehead atoms. The number of hydrogen-bond donors (Lipinski definition) is 1. The Morgan fingerprint density at radius 1 is 1.59 bits per heavy atom. The molecule has 2 aromatic rings. The lowest BCUT2D eigenvalue weighted by Crippen LogP contribution is -2.24. The van der Waals surface area contributed by atoms with Gasteiger partial charge in [0.2, 0.25) is 0 Å². The Bertz CT molecular complexity index is 547. The minimum atomic E-state index is -0.0994. The molecule has 4 nitrogen and oxygen atoms in total. The Morgan fingerprint density at radius 2 is 2.35 bits per heavy atom. The number of thiophene rings is 1. The van der Waals surface area contributed by atoms with E-state index in [0.29, 0.717) is 12.2 Å². The summed E-state index contributed by atoms with van der Waals surface area (Å²) in [6.07, 6.45) is 0. The van der Waals surface area contributed by atoms with Crippen LogP contribution < -0.4 is 5.32 Å². The summed E-state index contributed by atoms with van der Waals surface area (Å²) in [6.45, 7) is 2.41. The molecule has 0 aliphatic carbocycles. The van der Waals surface area contributed by atoms with E-state index in [0.717, 1.165) is 14.4 Å². The number of aryl methyl sites for hydroxylation is 2. The van der Waals surface area contributed by atoms with Crippen molar-refractivity contribution in [2.75, 3.05) is 0 Å². The largest absolute Gasteiger partial charge is 0.346 e. The van der Waals surface area contributed by atoms with Gasteiger partial charge in [0.15, 0.2) is 0 Å². The van der Waals surface area contributed by atoms with Gasteiger partial charge in [0, 0.05) is 11.9 Å². The van der Waals surface area contributed by atoms with Crippen molar-refractivity contribution in [3.8, 4) is 0 Å². The van der Waals surface area contributed by atoms with Crippen LogP contribution in [0.4, 0.5) is 0 Å². The summed E-state index contributed by atoms with van der Waals surface area (Å²) in [7, 11) is 1.77. The van der Waals surface area contributed by atoms with Crippen LogP contribution in [0.2, 0.25) is 0 Å². The van der Waals surface area contributed by atoms with E-state index in [4.69, 9.17) is 0 Å². The predicted octanol–water partition coefficient (Wildman–Crippen LogP) is 2.48. The summed E-state index contributed by atoms with van der Waals surface area (Å²) in [6, 6.07) is 5.74. The summed E-state index contributed by atoms with van der Waals surface area (Å²) in [5.74, 6) is -0.0994. The smallest absolute Gasteiger partial charge is 0.269 e. The van der Waals surface area contributed by atoms with Crippen LogP contribution >= 0.6 is 27.3 Å². The SMILES string of the molecule is Cc1cc(C(=O)NCc2ccc(Br)s2)n(C)n1. The third-order valence-corrected chi connectivity index (χ3v) is 3.91. The van der Waals surface area contributed by atoms with Crippen molar-refractivity contribution in [2.45, 2.75) is 13.5 Å². The summed E-state index contributed by atoms with van der Waals surface area (Å²) in [4.78, 5) is 13.0. The number of aromatic nitrogens is 2. The maximum atomic E-state index is 11.9. The monoisotopic (exact) mass is 313 g/mol. The summed E-state index contributed by atoms with van der Waals surface area (Å²) in [5, 5.41) is 7.01. The molecule has 2 rings (SSSR count). The topological polar surface area (TPSA) is 46.9 Å². The van der Waals surface area contributed by atoms with Crippen molar-refractivity contribution in [3.05, 3.63) is 38.3 Å². The van der Waals surface area contributed by atoms with E-state index in [1.165, 1.54) is 0 Å². The molecule has 1 amide bonds. The summed E-state index contributed by atoms with van der Waals surface area (Å²) in [5.41, 5.74) is 1.43. The van der Waals surface area contributed by atoms with Crippen LogP contribution in [0.5, 0.6) is 0 Å². The van der Waals surface area contributed by atoms with Gasteiger partial charge in [0.25, 0.3) is 5.91 Å². The van der Waals surface area contributed by atoms with Crippen LogP contribution in [0.3, 0.4) is 0 Å². The molecule has 0 saturated carbocycles. The Labute approximate surface area is 112 Å². The van der Waals surface area contributed by atoms with Crippen LogP contribution in [0.1, 0.15) is 21.1 Å². The second-order valence-electron chi connectivity index (χ2n) is 3.68. The van der Waals surface area contributed by atoms with Gasteiger partial charge >= 0.3 is 0 Å². The first-order chi connectivity index (χ1) is 8.06. The standard InChI is InChI=1S/C11H12BrN3OS/c1-7-5-9(15(2)14-7)11(16)13-6-8-3-4-10(12)17-8/h3-5H,6H2,1-2H3,(H,13,16).